The maximum Gasteiger partial charge on any atom is 0.338 e. The monoisotopic (exact) mass is 271 g/mol. The number of Topliss-reactive ketones (excluding diaryl/α,β-unsaturated/α-hetero) is 1. The molecule has 1 aliphatic rings. The van der Waals surface area contributed by atoms with Crippen LogP contribution in [0.15, 0.2) is 24.3 Å². The number of carbonyl (C=O) groups is 2. The van der Waals surface area contributed by atoms with E-state index >= 15 is 0 Å². The van der Waals surface area contributed by atoms with Crippen molar-refractivity contribution in [1.29, 1.82) is 5.26 Å². The average molecular weight is 271 g/mol. The Bertz CT molecular complexity index is 542. The molecule has 0 unspecified atom stereocenters. The smallest absolute Gasteiger partial charge is 0.338 e. The fourth-order valence-corrected chi connectivity index (χ4v) is 2.43. The Kier molecular flexibility index (Phi) is 4.52. The lowest BCUT2D eigenvalue weighted by Gasteiger charge is -2.26. The molecule has 1 aliphatic carbocycles. The van der Waals surface area contributed by atoms with Gasteiger partial charge in [-0.1, -0.05) is 18.6 Å². The van der Waals surface area contributed by atoms with Crippen molar-refractivity contribution in [2.45, 2.75) is 38.7 Å². The Hall–Kier alpha value is -2.15. The number of ketones is 1. The van der Waals surface area contributed by atoms with Crippen LogP contribution < -0.4 is 0 Å². The van der Waals surface area contributed by atoms with Gasteiger partial charge in [0, 0.05) is 5.56 Å². The highest BCUT2D eigenvalue weighted by atomic mass is 16.5. The molecule has 2 rings (SSSR count). The zero-order chi connectivity index (χ0) is 14.5. The number of nitriles is 1. The topological polar surface area (TPSA) is 67.2 Å². The minimum Gasteiger partial charge on any atom is -0.457 e. The third kappa shape index (κ3) is 3.24. The fraction of sp³-hybridized carbons (Fsp3) is 0.438. The van der Waals surface area contributed by atoms with Gasteiger partial charge in [0.2, 0.25) is 0 Å². The number of ether oxygens (including phenoxy) is 1. The van der Waals surface area contributed by atoms with Crippen LogP contribution in [0.25, 0.3) is 0 Å². The molecule has 0 saturated heterocycles. The molecule has 1 fully saturated rings. The first kappa shape index (κ1) is 14.3. The van der Waals surface area contributed by atoms with Gasteiger partial charge in [0.15, 0.2) is 5.78 Å². The minimum atomic E-state index is -0.424. The van der Waals surface area contributed by atoms with E-state index in [1.54, 1.807) is 24.3 Å². The molecule has 0 N–H and O–H groups in total. The molecular formula is C16H17NO3. The van der Waals surface area contributed by atoms with Crippen molar-refractivity contribution in [3.63, 3.8) is 0 Å². The van der Waals surface area contributed by atoms with E-state index in [4.69, 9.17) is 10.00 Å². The van der Waals surface area contributed by atoms with Crippen molar-refractivity contribution in [2.75, 3.05) is 0 Å². The van der Waals surface area contributed by atoms with Crippen molar-refractivity contribution in [1.82, 2.24) is 0 Å². The van der Waals surface area contributed by atoms with E-state index in [9.17, 15) is 9.59 Å². The standard InChI is InChI=1S/C16H17NO3/c1-11(18)12-6-8-13(9-7-12)16(19)20-15-5-3-2-4-14(15)10-17/h6-9,14-15H,2-5H2,1H3/t14-,15-/m0/s1. The van der Waals surface area contributed by atoms with Gasteiger partial charge in [-0.2, -0.15) is 5.26 Å². The molecule has 1 aromatic carbocycles. The molecule has 4 nitrogen and oxygen atoms in total. The third-order valence-electron chi connectivity index (χ3n) is 3.65. The third-order valence-corrected chi connectivity index (χ3v) is 3.65. The summed E-state index contributed by atoms with van der Waals surface area (Å²) in [5, 5.41) is 9.06. The largest absolute Gasteiger partial charge is 0.457 e. The molecule has 0 aliphatic heterocycles. The number of esters is 1. The molecule has 0 bridgehead atoms. The van der Waals surface area contributed by atoms with Gasteiger partial charge in [0.1, 0.15) is 6.10 Å². The predicted molar refractivity (Wildman–Crippen MR) is 73.2 cm³/mol. The van der Waals surface area contributed by atoms with Gasteiger partial charge in [0.05, 0.1) is 17.6 Å². The molecule has 2 atom stereocenters. The molecule has 1 aromatic rings. The average Bonchev–Trinajstić information content (AvgIpc) is 2.48. The van der Waals surface area contributed by atoms with Crippen molar-refractivity contribution >= 4 is 11.8 Å². The number of nitrogens with zero attached hydrogens (tertiary/aromatic N) is 1. The Labute approximate surface area is 118 Å². The molecule has 0 amide bonds. The Morgan fingerprint density at radius 2 is 1.75 bits per heavy atom. The van der Waals surface area contributed by atoms with Gasteiger partial charge < -0.3 is 4.74 Å². The molecule has 0 spiro atoms. The second kappa shape index (κ2) is 6.33. The van der Waals surface area contributed by atoms with Crippen LogP contribution in [0.3, 0.4) is 0 Å². The van der Waals surface area contributed by atoms with Gasteiger partial charge in [-0.05, 0) is 38.3 Å². The van der Waals surface area contributed by atoms with Crippen molar-refractivity contribution in [3.05, 3.63) is 35.4 Å². The van der Waals surface area contributed by atoms with Crippen LogP contribution >= 0.6 is 0 Å². The van der Waals surface area contributed by atoms with E-state index in [0.29, 0.717) is 11.1 Å². The van der Waals surface area contributed by atoms with Gasteiger partial charge >= 0.3 is 5.97 Å². The van der Waals surface area contributed by atoms with Crippen LogP contribution in [0, 0.1) is 17.2 Å². The van der Waals surface area contributed by atoms with Crippen LogP contribution in [0.4, 0.5) is 0 Å². The highest BCUT2D eigenvalue weighted by Crippen LogP contribution is 2.27. The van der Waals surface area contributed by atoms with Gasteiger partial charge in [-0.3, -0.25) is 4.79 Å². The first-order valence-electron chi connectivity index (χ1n) is 6.83. The van der Waals surface area contributed by atoms with E-state index < -0.39 is 5.97 Å². The van der Waals surface area contributed by atoms with E-state index in [0.717, 1.165) is 25.7 Å². The maximum absolute atomic E-state index is 12.0. The Balaban J connectivity index is 2.04. The van der Waals surface area contributed by atoms with Crippen molar-refractivity contribution in [3.8, 4) is 6.07 Å². The SMILES string of the molecule is CC(=O)c1ccc(C(=O)O[C@H]2CCCC[C@H]2C#N)cc1. The summed E-state index contributed by atoms with van der Waals surface area (Å²) in [5.41, 5.74) is 0.978. The number of rotatable bonds is 3. The van der Waals surface area contributed by atoms with Crippen LogP contribution in [0.5, 0.6) is 0 Å². The fourth-order valence-electron chi connectivity index (χ4n) is 2.43. The molecule has 4 heteroatoms. The van der Waals surface area contributed by atoms with Gasteiger partial charge in [-0.15, -0.1) is 0 Å². The quantitative estimate of drug-likeness (QED) is 0.625. The number of carbonyl (C=O) groups excluding carboxylic acids is 2. The molecular weight excluding hydrogens is 254 g/mol. The van der Waals surface area contributed by atoms with Crippen molar-refractivity contribution < 1.29 is 14.3 Å². The Morgan fingerprint density at radius 3 is 2.35 bits per heavy atom. The first-order valence-corrected chi connectivity index (χ1v) is 6.83. The zero-order valence-electron chi connectivity index (χ0n) is 11.5. The maximum atomic E-state index is 12.0. The Morgan fingerprint density at radius 1 is 1.15 bits per heavy atom. The van der Waals surface area contributed by atoms with Gasteiger partial charge in [0.25, 0.3) is 0 Å². The molecule has 1 saturated carbocycles. The van der Waals surface area contributed by atoms with E-state index in [2.05, 4.69) is 6.07 Å². The molecule has 104 valence electrons. The lowest BCUT2D eigenvalue weighted by Crippen LogP contribution is -2.29. The number of benzene rings is 1. The minimum absolute atomic E-state index is 0.0401. The molecule has 0 aromatic heterocycles. The summed E-state index contributed by atoms with van der Waals surface area (Å²) in [4.78, 5) is 23.2. The zero-order valence-corrected chi connectivity index (χ0v) is 11.5. The van der Waals surface area contributed by atoms with E-state index in [1.165, 1.54) is 6.92 Å². The summed E-state index contributed by atoms with van der Waals surface area (Å²) < 4.78 is 5.43. The highest BCUT2D eigenvalue weighted by Gasteiger charge is 2.28. The lowest BCUT2D eigenvalue weighted by atomic mass is 9.87. The van der Waals surface area contributed by atoms with Crippen LogP contribution in [0.2, 0.25) is 0 Å². The molecule has 0 radical (unpaired) electrons. The van der Waals surface area contributed by atoms with Crippen LogP contribution in [0.1, 0.15) is 53.3 Å². The summed E-state index contributed by atoms with van der Waals surface area (Å²) in [5.74, 6) is -0.668. The second-order valence-electron chi connectivity index (χ2n) is 5.10. The number of hydrogen-bond donors (Lipinski definition) is 0. The van der Waals surface area contributed by atoms with E-state index in [-0.39, 0.29) is 17.8 Å². The van der Waals surface area contributed by atoms with Crippen LogP contribution in [-0.4, -0.2) is 17.9 Å². The van der Waals surface area contributed by atoms with Crippen molar-refractivity contribution in [2.24, 2.45) is 5.92 Å². The predicted octanol–water partition coefficient (Wildman–Crippen LogP) is 3.13. The molecule has 20 heavy (non-hydrogen) atoms. The number of hydrogen-bond acceptors (Lipinski definition) is 4. The normalized spacial score (nSPS) is 21.8. The first-order chi connectivity index (χ1) is 9.61. The highest BCUT2D eigenvalue weighted by molar-refractivity contribution is 5.96. The summed E-state index contributed by atoms with van der Waals surface area (Å²) >= 11 is 0. The van der Waals surface area contributed by atoms with E-state index in [1.807, 2.05) is 0 Å². The lowest BCUT2D eigenvalue weighted by molar-refractivity contribution is 0.0107. The summed E-state index contributed by atoms with van der Waals surface area (Å²) in [6, 6.07) is 8.61. The molecule has 0 heterocycles. The van der Waals surface area contributed by atoms with Crippen LogP contribution in [-0.2, 0) is 4.74 Å². The second-order valence-corrected chi connectivity index (χ2v) is 5.10. The van der Waals surface area contributed by atoms with Gasteiger partial charge in [-0.25, -0.2) is 4.79 Å². The summed E-state index contributed by atoms with van der Waals surface area (Å²) in [6.45, 7) is 1.48. The summed E-state index contributed by atoms with van der Waals surface area (Å²) in [7, 11) is 0. The summed E-state index contributed by atoms with van der Waals surface area (Å²) in [6.07, 6.45) is 3.22.